The van der Waals surface area contributed by atoms with E-state index in [0.29, 0.717) is 24.0 Å². The summed E-state index contributed by atoms with van der Waals surface area (Å²) >= 11 is 0. The zero-order valence-electron chi connectivity index (χ0n) is 23.7. The van der Waals surface area contributed by atoms with Gasteiger partial charge >= 0.3 is 5.97 Å². The van der Waals surface area contributed by atoms with Gasteiger partial charge in [-0.1, -0.05) is 62.4 Å². The fourth-order valence-electron chi connectivity index (χ4n) is 6.58. The van der Waals surface area contributed by atoms with Crippen molar-refractivity contribution in [3.8, 4) is 0 Å². The highest BCUT2D eigenvalue weighted by Gasteiger charge is 2.42. The Hall–Kier alpha value is -4.39. The van der Waals surface area contributed by atoms with Gasteiger partial charge in [0.2, 0.25) is 5.91 Å². The van der Waals surface area contributed by atoms with Crippen LogP contribution in [0.3, 0.4) is 0 Å². The number of ether oxygens (including phenoxy) is 1. The van der Waals surface area contributed by atoms with Crippen LogP contribution in [0, 0.1) is 5.41 Å². The van der Waals surface area contributed by atoms with Crippen LogP contribution in [0.15, 0.2) is 84.1 Å². The van der Waals surface area contributed by atoms with E-state index in [1.165, 1.54) is 18.2 Å². The minimum Gasteiger partial charge on any atom is -0.465 e. The lowest BCUT2D eigenvalue weighted by atomic mass is 9.73. The Morgan fingerprint density at radius 3 is 2.29 bits per heavy atom. The number of carbonyl (C=O) groups is 3. The van der Waals surface area contributed by atoms with Gasteiger partial charge in [-0.25, -0.2) is 4.79 Å². The standard InChI is InChI=1S/C34H35N3O4/c1-34(2)18-27-31(29(38)19-34)32(21-12-14-22(15-13-21)33(40)41-3)37(28-11-7-6-10-26(28)36-27)20-30(39)35-25-16-23-8-4-5-9-24(23)17-25/h4-15,25,32,36H,16-20H2,1-3H3,(H,35,39). The molecule has 0 fully saturated rings. The van der Waals surface area contributed by atoms with Crippen LogP contribution in [0.4, 0.5) is 11.4 Å². The van der Waals surface area contributed by atoms with Gasteiger partial charge in [0.1, 0.15) is 0 Å². The first kappa shape index (κ1) is 26.8. The van der Waals surface area contributed by atoms with Crippen LogP contribution in [-0.4, -0.2) is 37.4 Å². The maximum absolute atomic E-state index is 13.9. The highest BCUT2D eigenvalue weighted by atomic mass is 16.5. The van der Waals surface area contributed by atoms with Gasteiger partial charge in [-0.15, -0.1) is 0 Å². The van der Waals surface area contributed by atoms with Crippen molar-refractivity contribution in [1.82, 2.24) is 5.32 Å². The van der Waals surface area contributed by atoms with Gasteiger partial charge in [0, 0.05) is 23.7 Å². The Bertz CT molecular complexity index is 1530. The van der Waals surface area contributed by atoms with Crippen LogP contribution in [0.5, 0.6) is 0 Å². The molecule has 0 bridgehead atoms. The predicted octanol–water partition coefficient (Wildman–Crippen LogP) is 5.37. The fraction of sp³-hybridized carbons (Fsp3) is 0.324. The number of esters is 1. The number of allylic oxidation sites excluding steroid dienone is 1. The second kappa shape index (κ2) is 10.5. The van der Waals surface area contributed by atoms with Crippen LogP contribution >= 0.6 is 0 Å². The van der Waals surface area contributed by atoms with Gasteiger partial charge in [0.25, 0.3) is 0 Å². The normalized spacial score (nSPS) is 19.4. The molecule has 6 rings (SSSR count). The molecule has 1 unspecified atom stereocenters. The summed E-state index contributed by atoms with van der Waals surface area (Å²) < 4.78 is 4.90. The van der Waals surface area contributed by atoms with Crippen LogP contribution in [0.2, 0.25) is 0 Å². The highest BCUT2D eigenvalue weighted by molar-refractivity contribution is 6.02. The average Bonchev–Trinajstić information content (AvgIpc) is 3.30. The number of Topliss-reactive ketones (excluding diaryl/α,β-unsaturated/α-hetero) is 1. The van der Waals surface area contributed by atoms with Crippen molar-refractivity contribution >= 4 is 29.0 Å². The minimum atomic E-state index is -0.511. The molecule has 1 atom stereocenters. The molecular formula is C34H35N3O4. The molecule has 210 valence electrons. The molecule has 1 amide bonds. The van der Waals surface area contributed by atoms with Crippen molar-refractivity contribution in [3.05, 3.63) is 106 Å². The monoisotopic (exact) mass is 549 g/mol. The van der Waals surface area contributed by atoms with E-state index in [9.17, 15) is 14.4 Å². The summed E-state index contributed by atoms with van der Waals surface area (Å²) in [6, 6.07) is 22.9. The van der Waals surface area contributed by atoms with Gasteiger partial charge in [-0.3, -0.25) is 9.59 Å². The number of anilines is 2. The zero-order valence-corrected chi connectivity index (χ0v) is 23.7. The van der Waals surface area contributed by atoms with Crippen LogP contribution in [0.25, 0.3) is 0 Å². The summed E-state index contributed by atoms with van der Waals surface area (Å²) in [6.45, 7) is 4.29. The molecule has 3 aromatic rings. The Morgan fingerprint density at radius 1 is 0.951 bits per heavy atom. The smallest absolute Gasteiger partial charge is 0.337 e. The van der Waals surface area contributed by atoms with E-state index >= 15 is 0 Å². The van der Waals surface area contributed by atoms with Crippen LogP contribution < -0.4 is 15.5 Å². The second-order valence-corrected chi connectivity index (χ2v) is 12.1. The number of rotatable bonds is 5. The molecule has 1 aliphatic heterocycles. The Morgan fingerprint density at radius 2 is 1.61 bits per heavy atom. The Labute approximate surface area is 240 Å². The molecule has 0 radical (unpaired) electrons. The molecule has 3 aromatic carbocycles. The Balaban J connectivity index is 1.40. The summed E-state index contributed by atoms with van der Waals surface area (Å²) in [5.74, 6) is -0.453. The number of hydrogen-bond acceptors (Lipinski definition) is 6. The van der Waals surface area contributed by atoms with E-state index in [1.54, 1.807) is 12.1 Å². The molecule has 3 aliphatic rings. The number of carbonyl (C=O) groups excluding carboxylic acids is 3. The maximum atomic E-state index is 13.9. The quantitative estimate of drug-likeness (QED) is 0.416. The molecule has 41 heavy (non-hydrogen) atoms. The molecular weight excluding hydrogens is 514 g/mol. The lowest BCUT2D eigenvalue weighted by Gasteiger charge is -2.38. The molecule has 0 aromatic heterocycles. The Kier molecular flexibility index (Phi) is 6.89. The fourth-order valence-corrected chi connectivity index (χ4v) is 6.58. The molecule has 7 heteroatoms. The largest absolute Gasteiger partial charge is 0.465 e. The SMILES string of the molecule is COC(=O)c1ccc(C2C3=C(CC(C)(C)CC3=O)Nc3ccccc3N2CC(=O)NC2Cc3ccccc3C2)cc1. The van der Waals surface area contributed by atoms with E-state index in [1.807, 2.05) is 53.4 Å². The molecule has 1 heterocycles. The van der Waals surface area contributed by atoms with E-state index < -0.39 is 12.0 Å². The number of fused-ring (bicyclic) bond motifs is 2. The van der Waals surface area contributed by atoms with Crippen LogP contribution in [-0.2, 0) is 27.2 Å². The zero-order chi connectivity index (χ0) is 28.7. The molecule has 0 saturated carbocycles. The lowest BCUT2D eigenvalue weighted by molar-refractivity contribution is -0.121. The first-order valence-corrected chi connectivity index (χ1v) is 14.2. The van der Waals surface area contributed by atoms with Crippen molar-refractivity contribution in [2.24, 2.45) is 5.41 Å². The number of ketones is 1. The highest BCUT2D eigenvalue weighted by Crippen LogP contribution is 2.48. The summed E-state index contributed by atoms with van der Waals surface area (Å²) in [5.41, 5.74) is 6.88. The molecule has 7 nitrogen and oxygen atoms in total. The summed E-state index contributed by atoms with van der Waals surface area (Å²) in [7, 11) is 1.35. The number of methoxy groups -OCH3 is 1. The van der Waals surface area contributed by atoms with Crippen molar-refractivity contribution in [1.29, 1.82) is 0 Å². The predicted molar refractivity (Wildman–Crippen MR) is 159 cm³/mol. The number of nitrogens with one attached hydrogen (secondary N) is 2. The lowest BCUT2D eigenvalue weighted by Crippen LogP contribution is -2.45. The molecule has 0 spiro atoms. The number of hydrogen-bond donors (Lipinski definition) is 2. The van der Waals surface area contributed by atoms with Crippen molar-refractivity contribution < 1.29 is 19.1 Å². The van der Waals surface area contributed by atoms with Gasteiger partial charge in [0.05, 0.1) is 36.6 Å². The minimum absolute atomic E-state index is 0.0323. The van der Waals surface area contributed by atoms with Gasteiger partial charge in [-0.2, -0.15) is 0 Å². The van der Waals surface area contributed by atoms with Gasteiger partial charge in [-0.05, 0) is 65.6 Å². The van der Waals surface area contributed by atoms with Gasteiger partial charge in [0.15, 0.2) is 5.78 Å². The number of nitrogens with zero attached hydrogens (tertiary/aromatic N) is 1. The summed E-state index contributed by atoms with van der Waals surface area (Å²) in [5, 5.41) is 6.85. The van der Waals surface area contributed by atoms with Crippen molar-refractivity contribution in [3.63, 3.8) is 0 Å². The van der Waals surface area contributed by atoms with E-state index in [0.717, 1.165) is 35.5 Å². The number of amides is 1. The molecule has 0 saturated heterocycles. The molecule has 2 aliphatic carbocycles. The molecule has 2 N–H and O–H groups in total. The third-order valence-corrected chi connectivity index (χ3v) is 8.38. The topological polar surface area (TPSA) is 87.7 Å². The second-order valence-electron chi connectivity index (χ2n) is 12.1. The van der Waals surface area contributed by atoms with Crippen LogP contribution in [0.1, 0.15) is 59.8 Å². The first-order chi connectivity index (χ1) is 19.7. The van der Waals surface area contributed by atoms with E-state index in [2.05, 4.69) is 36.6 Å². The maximum Gasteiger partial charge on any atom is 0.337 e. The van der Waals surface area contributed by atoms with E-state index in [4.69, 9.17) is 4.74 Å². The van der Waals surface area contributed by atoms with E-state index in [-0.39, 0.29) is 29.7 Å². The summed E-state index contributed by atoms with van der Waals surface area (Å²) in [4.78, 5) is 41.8. The average molecular weight is 550 g/mol. The first-order valence-electron chi connectivity index (χ1n) is 14.2. The number of para-hydroxylation sites is 2. The summed E-state index contributed by atoms with van der Waals surface area (Å²) in [6.07, 6.45) is 2.74. The number of benzene rings is 3. The van der Waals surface area contributed by atoms with Crippen molar-refractivity contribution in [2.45, 2.75) is 51.6 Å². The van der Waals surface area contributed by atoms with Gasteiger partial charge < -0.3 is 20.3 Å². The third-order valence-electron chi connectivity index (χ3n) is 8.38. The van der Waals surface area contributed by atoms with Crippen molar-refractivity contribution in [2.75, 3.05) is 23.9 Å². The third kappa shape index (κ3) is 5.24.